The van der Waals surface area contributed by atoms with E-state index < -0.39 is 11.6 Å². The molecule has 1 aliphatic rings. The van der Waals surface area contributed by atoms with Gasteiger partial charge in [0.05, 0.1) is 0 Å². The van der Waals surface area contributed by atoms with E-state index in [2.05, 4.69) is 0 Å². The second kappa shape index (κ2) is 2.10. The van der Waals surface area contributed by atoms with Crippen LogP contribution in [0.15, 0.2) is 23.5 Å². The minimum Gasteiger partial charge on any atom is -0.512 e. The van der Waals surface area contributed by atoms with Crippen LogP contribution in [-0.2, 0) is 9.59 Å². The zero-order valence-corrected chi connectivity index (χ0v) is 5.42. The number of aliphatic hydroxyl groups excluding tert-OH is 1. The summed E-state index contributed by atoms with van der Waals surface area (Å²) in [7, 11) is 0. The number of rotatable bonds is 0. The number of carbonyl (C=O) groups excluding carboxylic acids is 2. The highest BCUT2D eigenvalue weighted by Gasteiger charge is 2.22. The van der Waals surface area contributed by atoms with Crippen molar-refractivity contribution in [3.05, 3.63) is 23.5 Å². The molecule has 52 valence electrons. The van der Waals surface area contributed by atoms with Crippen molar-refractivity contribution in [2.24, 2.45) is 0 Å². The monoisotopic (exact) mass is 138 g/mol. The Kier molecular flexibility index (Phi) is 1.41. The maximum absolute atomic E-state index is 10.7. The molecule has 1 rings (SSSR count). The molecular weight excluding hydrogens is 132 g/mol. The molecule has 10 heavy (non-hydrogen) atoms. The summed E-state index contributed by atoms with van der Waals surface area (Å²) in [6, 6.07) is 0. The minimum absolute atomic E-state index is 0.111. The molecule has 0 radical (unpaired) electrons. The number of ketones is 2. The van der Waals surface area contributed by atoms with Gasteiger partial charge in [-0.15, -0.1) is 0 Å². The molecule has 0 heterocycles. The lowest BCUT2D eigenvalue weighted by molar-refractivity contribution is -0.115. The summed E-state index contributed by atoms with van der Waals surface area (Å²) in [6.07, 6.45) is 2.30. The first-order valence-electron chi connectivity index (χ1n) is 2.79. The third kappa shape index (κ3) is 0.857. The van der Waals surface area contributed by atoms with Crippen LogP contribution in [0.5, 0.6) is 0 Å². The molecule has 0 aromatic carbocycles. The van der Waals surface area contributed by atoms with E-state index in [-0.39, 0.29) is 11.3 Å². The largest absolute Gasteiger partial charge is 0.512 e. The molecule has 0 aromatic rings. The van der Waals surface area contributed by atoms with Crippen LogP contribution in [0.4, 0.5) is 0 Å². The van der Waals surface area contributed by atoms with Crippen molar-refractivity contribution in [1.29, 1.82) is 0 Å². The van der Waals surface area contributed by atoms with Crippen molar-refractivity contribution in [1.82, 2.24) is 0 Å². The minimum atomic E-state index is -0.412. The summed E-state index contributed by atoms with van der Waals surface area (Å²) >= 11 is 0. The van der Waals surface area contributed by atoms with Gasteiger partial charge in [0.25, 0.3) is 0 Å². The molecule has 1 aliphatic carbocycles. The number of hydrogen-bond acceptors (Lipinski definition) is 3. The maximum Gasteiger partial charge on any atom is 0.193 e. The fourth-order valence-electron chi connectivity index (χ4n) is 0.796. The number of carbonyl (C=O) groups is 2. The Bertz CT molecular complexity index is 234. The van der Waals surface area contributed by atoms with Gasteiger partial charge in [-0.05, 0) is 19.1 Å². The van der Waals surface area contributed by atoms with Crippen molar-refractivity contribution in [2.45, 2.75) is 6.92 Å². The molecule has 0 aromatic heterocycles. The van der Waals surface area contributed by atoms with E-state index in [4.69, 9.17) is 5.11 Å². The van der Waals surface area contributed by atoms with Crippen LogP contribution in [0.25, 0.3) is 0 Å². The zero-order chi connectivity index (χ0) is 7.72. The predicted molar refractivity (Wildman–Crippen MR) is 34.5 cm³/mol. The molecule has 0 bridgehead atoms. The van der Waals surface area contributed by atoms with Gasteiger partial charge < -0.3 is 5.11 Å². The van der Waals surface area contributed by atoms with Crippen molar-refractivity contribution in [3.8, 4) is 0 Å². The first-order chi connectivity index (χ1) is 4.63. The van der Waals surface area contributed by atoms with Gasteiger partial charge in [-0.1, -0.05) is 0 Å². The van der Waals surface area contributed by atoms with E-state index >= 15 is 0 Å². The van der Waals surface area contributed by atoms with Gasteiger partial charge in [0.1, 0.15) is 11.3 Å². The third-order valence-electron chi connectivity index (χ3n) is 1.24. The molecule has 0 atom stereocenters. The zero-order valence-electron chi connectivity index (χ0n) is 5.42. The summed E-state index contributed by atoms with van der Waals surface area (Å²) in [4.78, 5) is 21.4. The van der Waals surface area contributed by atoms with E-state index in [1.54, 1.807) is 0 Å². The summed E-state index contributed by atoms with van der Waals surface area (Å²) < 4.78 is 0. The topological polar surface area (TPSA) is 54.4 Å². The van der Waals surface area contributed by atoms with Gasteiger partial charge in [-0.25, -0.2) is 0 Å². The highest BCUT2D eigenvalue weighted by atomic mass is 16.3. The van der Waals surface area contributed by atoms with Crippen molar-refractivity contribution < 1.29 is 14.7 Å². The average Bonchev–Trinajstić information content (AvgIpc) is 2.11. The van der Waals surface area contributed by atoms with Gasteiger partial charge in [-0.3, -0.25) is 9.59 Å². The molecular formula is C7H6O3. The van der Waals surface area contributed by atoms with E-state index in [9.17, 15) is 9.59 Å². The Morgan fingerprint density at radius 2 is 1.70 bits per heavy atom. The summed E-state index contributed by atoms with van der Waals surface area (Å²) in [5.74, 6) is -1.03. The highest BCUT2D eigenvalue weighted by molar-refractivity contribution is 6.33. The maximum atomic E-state index is 10.7. The van der Waals surface area contributed by atoms with E-state index in [1.807, 2.05) is 0 Å². The van der Waals surface area contributed by atoms with Crippen molar-refractivity contribution >= 4 is 11.6 Å². The highest BCUT2D eigenvalue weighted by Crippen LogP contribution is 2.11. The molecule has 0 amide bonds. The average molecular weight is 138 g/mol. The second-order valence-electron chi connectivity index (χ2n) is 2.02. The van der Waals surface area contributed by atoms with Crippen LogP contribution in [0.2, 0.25) is 0 Å². The van der Waals surface area contributed by atoms with E-state index in [1.165, 1.54) is 6.92 Å². The van der Waals surface area contributed by atoms with Crippen LogP contribution in [0.3, 0.4) is 0 Å². The molecule has 0 saturated carbocycles. The third-order valence-corrected chi connectivity index (χ3v) is 1.24. The van der Waals surface area contributed by atoms with Gasteiger partial charge in [0.15, 0.2) is 11.6 Å². The Morgan fingerprint density at radius 3 is 1.90 bits per heavy atom. The van der Waals surface area contributed by atoms with Crippen LogP contribution < -0.4 is 0 Å². The smallest absolute Gasteiger partial charge is 0.193 e. The fourth-order valence-corrected chi connectivity index (χ4v) is 0.796. The Hall–Kier alpha value is -1.38. The SMILES string of the molecule is CC(O)=C1C(=O)C=CC1=O. The molecule has 1 N–H and O–H groups in total. The van der Waals surface area contributed by atoms with Crippen LogP contribution in [0, 0.1) is 0 Å². The molecule has 0 fully saturated rings. The molecule has 0 spiro atoms. The van der Waals surface area contributed by atoms with E-state index in [0.717, 1.165) is 12.2 Å². The van der Waals surface area contributed by atoms with Crippen LogP contribution in [-0.4, -0.2) is 16.7 Å². The Morgan fingerprint density at radius 1 is 1.30 bits per heavy atom. The lowest BCUT2D eigenvalue weighted by Crippen LogP contribution is -2.03. The summed E-state index contributed by atoms with van der Waals surface area (Å²) in [5, 5.41) is 8.79. The molecule has 3 heteroatoms. The molecule has 3 nitrogen and oxygen atoms in total. The lowest BCUT2D eigenvalue weighted by atomic mass is 10.1. The van der Waals surface area contributed by atoms with Gasteiger partial charge in [0.2, 0.25) is 0 Å². The van der Waals surface area contributed by atoms with Gasteiger partial charge in [0, 0.05) is 0 Å². The Labute approximate surface area is 57.7 Å². The number of hydrogen-bond donors (Lipinski definition) is 1. The van der Waals surface area contributed by atoms with Gasteiger partial charge >= 0.3 is 0 Å². The van der Waals surface area contributed by atoms with Crippen LogP contribution >= 0.6 is 0 Å². The summed E-state index contributed by atoms with van der Waals surface area (Å²) in [6.45, 7) is 1.32. The first kappa shape index (κ1) is 6.74. The van der Waals surface area contributed by atoms with Gasteiger partial charge in [-0.2, -0.15) is 0 Å². The summed E-state index contributed by atoms with van der Waals surface area (Å²) in [5.41, 5.74) is -0.111. The second-order valence-corrected chi connectivity index (χ2v) is 2.02. The fraction of sp³-hybridized carbons (Fsp3) is 0.143. The molecule has 0 saturated heterocycles. The van der Waals surface area contributed by atoms with E-state index in [0.29, 0.717) is 0 Å². The Balaban J connectivity index is 3.13. The standard InChI is InChI=1S/C7H6O3/c1-4(8)7-5(9)2-3-6(7)10/h2-3,8H,1H3. The molecule has 0 unspecified atom stereocenters. The normalized spacial score (nSPS) is 16.7. The first-order valence-corrected chi connectivity index (χ1v) is 2.79. The lowest BCUT2D eigenvalue weighted by Gasteiger charge is -1.92. The quantitative estimate of drug-likeness (QED) is 0.301. The number of allylic oxidation sites excluding steroid dienone is 4. The number of aliphatic hydroxyl groups is 1. The van der Waals surface area contributed by atoms with Crippen molar-refractivity contribution in [3.63, 3.8) is 0 Å². The van der Waals surface area contributed by atoms with Crippen molar-refractivity contribution in [2.75, 3.05) is 0 Å². The molecule has 0 aliphatic heterocycles. The predicted octanol–water partition coefficient (Wildman–Crippen LogP) is 0.526. The van der Waals surface area contributed by atoms with Crippen LogP contribution in [0.1, 0.15) is 6.92 Å².